The number of aliphatic hydroxyl groups is 1. The Morgan fingerprint density at radius 1 is 1.13 bits per heavy atom. The van der Waals surface area contributed by atoms with Gasteiger partial charge in [-0.05, 0) is 44.4 Å². The molecule has 1 aliphatic heterocycles. The van der Waals surface area contributed by atoms with Crippen LogP contribution in [0.2, 0.25) is 0 Å². The smallest absolute Gasteiger partial charge is 0.0900 e. The van der Waals surface area contributed by atoms with Gasteiger partial charge in [0.05, 0.1) is 31.0 Å². The van der Waals surface area contributed by atoms with Crippen molar-refractivity contribution in [3.63, 3.8) is 0 Å². The van der Waals surface area contributed by atoms with Gasteiger partial charge in [-0.2, -0.15) is 0 Å². The van der Waals surface area contributed by atoms with E-state index in [1.807, 2.05) is 0 Å². The van der Waals surface area contributed by atoms with Crippen molar-refractivity contribution in [1.29, 1.82) is 0 Å². The Morgan fingerprint density at radius 3 is 2.39 bits per heavy atom. The second kappa shape index (κ2) is 8.80. The van der Waals surface area contributed by atoms with Crippen LogP contribution in [0.5, 0.6) is 0 Å². The number of nitrogens with zero attached hydrogens (tertiary/aromatic N) is 1. The topological polar surface area (TPSA) is 41.9 Å². The third kappa shape index (κ3) is 6.00. The third-order valence-electron chi connectivity index (χ3n) is 5.43. The molecule has 2 rings (SSSR count). The maximum atomic E-state index is 10.4. The highest BCUT2D eigenvalue weighted by Crippen LogP contribution is 2.35. The molecule has 0 unspecified atom stereocenters. The van der Waals surface area contributed by atoms with Gasteiger partial charge in [0.15, 0.2) is 0 Å². The molecule has 0 aromatic heterocycles. The van der Waals surface area contributed by atoms with Crippen molar-refractivity contribution in [2.24, 2.45) is 17.8 Å². The number of ether oxygens (including phenoxy) is 2. The lowest BCUT2D eigenvalue weighted by Gasteiger charge is -2.38. The zero-order valence-corrected chi connectivity index (χ0v) is 15.7. The molecule has 1 heterocycles. The van der Waals surface area contributed by atoms with Crippen LogP contribution in [0.3, 0.4) is 0 Å². The van der Waals surface area contributed by atoms with Crippen molar-refractivity contribution in [3.05, 3.63) is 0 Å². The minimum Gasteiger partial charge on any atom is -0.389 e. The zero-order chi connectivity index (χ0) is 17.0. The van der Waals surface area contributed by atoms with Gasteiger partial charge in [-0.25, -0.2) is 0 Å². The summed E-state index contributed by atoms with van der Waals surface area (Å²) in [5.41, 5.74) is 0. The van der Waals surface area contributed by atoms with Gasteiger partial charge in [-0.3, -0.25) is 4.90 Å². The number of hydrogen-bond acceptors (Lipinski definition) is 4. The molecule has 0 spiro atoms. The van der Waals surface area contributed by atoms with Crippen LogP contribution in [0, 0.1) is 17.8 Å². The van der Waals surface area contributed by atoms with Crippen LogP contribution in [0.15, 0.2) is 0 Å². The van der Waals surface area contributed by atoms with E-state index in [4.69, 9.17) is 9.47 Å². The minimum atomic E-state index is -0.405. The summed E-state index contributed by atoms with van der Waals surface area (Å²) in [6.07, 6.45) is 4.12. The highest BCUT2D eigenvalue weighted by Gasteiger charge is 2.32. The van der Waals surface area contributed by atoms with E-state index in [-0.39, 0.29) is 12.2 Å². The van der Waals surface area contributed by atoms with Gasteiger partial charge in [-0.1, -0.05) is 27.2 Å². The number of rotatable bonds is 6. The molecule has 0 radical (unpaired) electrons. The fourth-order valence-corrected chi connectivity index (χ4v) is 4.33. The quantitative estimate of drug-likeness (QED) is 0.814. The molecule has 0 aromatic rings. The van der Waals surface area contributed by atoms with Gasteiger partial charge in [0, 0.05) is 19.6 Å². The zero-order valence-electron chi connectivity index (χ0n) is 15.7. The predicted molar refractivity (Wildman–Crippen MR) is 93.5 cm³/mol. The lowest BCUT2D eigenvalue weighted by molar-refractivity contribution is -0.0974. The molecular formula is C19H37NO3. The molecule has 136 valence electrons. The van der Waals surface area contributed by atoms with Gasteiger partial charge < -0.3 is 14.6 Å². The highest BCUT2D eigenvalue weighted by molar-refractivity contribution is 4.82. The lowest BCUT2D eigenvalue weighted by Crippen LogP contribution is -2.49. The first-order valence-electron chi connectivity index (χ1n) is 9.52. The highest BCUT2D eigenvalue weighted by atomic mass is 16.5. The van der Waals surface area contributed by atoms with E-state index in [2.05, 4.69) is 39.5 Å². The summed E-state index contributed by atoms with van der Waals surface area (Å²) < 4.78 is 11.9. The first kappa shape index (κ1) is 19.2. The summed E-state index contributed by atoms with van der Waals surface area (Å²) in [6, 6.07) is 0. The fraction of sp³-hybridized carbons (Fsp3) is 1.00. The van der Waals surface area contributed by atoms with Crippen molar-refractivity contribution >= 4 is 0 Å². The van der Waals surface area contributed by atoms with Gasteiger partial charge >= 0.3 is 0 Å². The van der Waals surface area contributed by atoms with Crippen molar-refractivity contribution in [1.82, 2.24) is 4.90 Å². The van der Waals surface area contributed by atoms with E-state index in [0.717, 1.165) is 25.4 Å². The Morgan fingerprint density at radius 2 is 1.78 bits per heavy atom. The molecule has 23 heavy (non-hydrogen) atoms. The van der Waals surface area contributed by atoms with E-state index < -0.39 is 6.10 Å². The molecule has 0 amide bonds. The molecule has 1 aliphatic carbocycles. The molecular weight excluding hydrogens is 290 g/mol. The molecule has 0 aromatic carbocycles. The van der Waals surface area contributed by atoms with Crippen molar-refractivity contribution in [2.75, 3.05) is 26.2 Å². The summed E-state index contributed by atoms with van der Waals surface area (Å²) in [4.78, 5) is 2.30. The average Bonchev–Trinajstić information content (AvgIpc) is 2.43. The van der Waals surface area contributed by atoms with Gasteiger partial charge in [0.1, 0.15) is 0 Å². The Hall–Kier alpha value is -0.160. The number of aliphatic hydroxyl groups excluding tert-OH is 1. The summed E-state index contributed by atoms with van der Waals surface area (Å²) in [5.74, 6) is 2.04. The van der Waals surface area contributed by atoms with E-state index in [1.54, 1.807) is 0 Å². The Kier molecular flexibility index (Phi) is 7.33. The molecule has 2 aliphatic rings. The van der Waals surface area contributed by atoms with Crippen LogP contribution in [0.4, 0.5) is 0 Å². The standard InChI is InChI=1S/C19H37NO3/c1-13(2)18-7-6-14(3)8-19(18)22-12-17(21)11-20-9-15(4)23-16(5)10-20/h13-19,21H,6-12H2,1-5H3/t14-,15-,16+,17+,18-,19-/m1/s1. The maximum Gasteiger partial charge on any atom is 0.0900 e. The molecule has 4 heteroatoms. The predicted octanol–water partition coefficient (Wildman–Crippen LogP) is 2.93. The van der Waals surface area contributed by atoms with Crippen molar-refractivity contribution in [2.45, 2.75) is 78.3 Å². The minimum absolute atomic E-state index is 0.247. The third-order valence-corrected chi connectivity index (χ3v) is 5.43. The van der Waals surface area contributed by atoms with E-state index >= 15 is 0 Å². The SMILES string of the molecule is CC(C)[C@H]1CC[C@@H](C)C[C@H]1OC[C@@H](O)CN1C[C@@H](C)O[C@@H](C)C1. The number of hydrogen-bond donors (Lipinski definition) is 1. The van der Waals surface area contributed by atoms with E-state index in [1.165, 1.54) is 12.8 Å². The average molecular weight is 328 g/mol. The molecule has 1 saturated carbocycles. The second-order valence-electron chi connectivity index (χ2n) is 8.33. The van der Waals surface area contributed by atoms with Crippen molar-refractivity contribution < 1.29 is 14.6 Å². The first-order valence-corrected chi connectivity index (χ1v) is 9.52. The molecule has 0 bridgehead atoms. The Balaban J connectivity index is 1.77. The Labute approximate surface area is 142 Å². The van der Waals surface area contributed by atoms with Crippen LogP contribution in [0.1, 0.15) is 53.9 Å². The molecule has 6 atom stereocenters. The second-order valence-corrected chi connectivity index (χ2v) is 8.33. The fourth-order valence-electron chi connectivity index (χ4n) is 4.33. The molecule has 1 N–H and O–H groups in total. The van der Waals surface area contributed by atoms with Crippen LogP contribution >= 0.6 is 0 Å². The molecule has 1 saturated heterocycles. The van der Waals surface area contributed by atoms with Crippen LogP contribution in [-0.2, 0) is 9.47 Å². The molecule has 4 nitrogen and oxygen atoms in total. The van der Waals surface area contributed by atoms with Crippen LogP contribution in [0.25, 0.3) is 0 Å². The van der Waals surface area contributed by atoms with Crippen LogP contribution < -0.4 is 0 Å². The van der Waals surface area contributed by atoms with E-state index in [9.17, 15) is 5.11 Å². The number of β-amino-alcohol motifs (C(OH)–C–C–N with tert-alkyl or cyclic N) is 1. The monoisotopic (exact) mass is 327 g/mol. The summed E-state index contributed by atoms with van der Waals surface area (Å²) >= 11 is 0. The summed E-state index contributed by atoms with van der Waals surface area (Å²) in [7, 11) is 0. The first-order chi connectivity index (χ1) is 10.8. The van der Waals surface area contributed by atoms with Crippen molar-refractivity contribution in [3.8, 4) is 0 Å². The maximum absolute atomic E-state index is 10.4. The van der Waals surface area contributed by atoms with E-state index in [0.29, 0.717) is 31.1 Å². The number of morpholine rings is 1. The van der Waals surface area contributed by atoms with Crippen LogP contribution in [-0.4, -0.2) is 60.7 Å². The van der Waals surface area contributed by atoms with Gasteiger partial charge in [0.25, 0.3) is 0 Å². The lowest BCUT2D eigenvalue weighted by atomic mass is 9.75. The summed E-state index contributed by atoms with van der Waals surface area (Å²) in [6.45, 7) is 14.1. The Bertz CT molecular complexity index is 340. The van der Waals surface area contributed by atoms with Gasteiger partial charge in [-0.15, -0.1) is 0 Å². The van der Waals surface area contributed by atoms with Gasteiger partial charge in [0.2, 0.25) is 0 Å². The largest absolute Gasteiger partial charge is 0.389 e. The normalized spacial score (nSPS) is 38.0. The summed E-state index contributed by atoms with van der Waals surface area (Å²) in [5, 5.41) is 10.4. The molecule has 2 fully saturated rings.